The van der Waals surface area contributed by atoms with Crippen molar-refractivity contribution in [2.45, 2.75) is 20.3 Å². The van der Waals surface area contributed by atoms with Crippen LogP contribution in [0.2, 0.25) is 0 Å². The van der Waals surface area contributed by atoms with E-state index in [2.05, 4.69) is 10.5 Å². The molecule has 0 aliphatic carbocycles. The van der Waals surface area contributed by atoms with Crippen LogP contribution in [0.1, 0.15) is 26.0 Å². The molecule has 1 N–H and O–H groups in total. The van der Waals surface area contributed by atoms with Crippen LogP contribution >= 0.6 is 0 Å². The smallest absolute Gasteiger partial charge is 0.240 e. The van der Waals surface area contributed by atoms with Crippen molar-refractivity contribution in [3.63, 3.8) is 0 Å². The molecule has 0 saturated heterocycles. The lowest BCUT2D eigenvalue weighted by Crippen LogP contribution is -2.18. The monoisotopic (exact) mass is 194 g/mol. The number of hydrogen-bond acceptors (Lipinski definition) is 3. The van der Waals surface area contributed by atoms with Crippen molar-refractivity contribution in [3.8, 4) is 0 Å². The van der Waals surface area contributed by atoms with Crippen LogP contribution in [0, 0.1) is 5.92 Å². The number of rotatable bonds is 4. The van der Waals surface area contributed by atoms with Gasteiger partial charge in [0.05, 0.1) is 12.5 Å². The third-order valence-corrected chi connectivity index (χ3v) is 1.52. The van der Waals surface area contributed by atoms with Gasteiger partial charge in [-0.25, -0.2) is 5.43 Å². The van der Waals surface area contributed by atoms with Gasteiger partial charge in [0.25, 0.3) is 0 Å². The van der Waals surface area contributed by atoms with E-state index in [0.29, 0.717) is 18.1 Å². The fourth-order valence-corrected chi connectivity index (χ4v) is 0.949. The highest BCUT2D eigenvalue weighted by Gasteiger charge is 2.02. The average molecular weight is 194 g/mol. The Morgan fingerprint density at radius 1 is 1.71 bits per heavy atom. The van der Waals surface area contributed by atoms with Crippen LogP contribution < -0.4 is 5.43 Å². The first-order valence-corrected chi connectivity index (χ1v) is 4.54. The van der Waals surface area contributed by atoms with Crippen LogP contribution in [0.3, 0.4) is 0 Å². The van der Waals surface area contributed by atoms with Crippen molar-refractivity contribution in [1.82, 2.24) is 5.43 Å². The standard InChI is InChI=1S/C10H14N2O2/c1-8(2)6-10(13)12-11-7-9-4-3-5-14-9/h3-5,7-8H,6H2,1-2H3,(H,12,13)/b11-7+. The van der Waals surface area contributed by atoms with E-state index in [-0.39, 0.29) is 5.91 Å². The second-order valence-corrected chi connectivity index (χ2v) is 3.41. The molecule has 1 heterocycles. The predicted octanol–water partition coefficient (Wildman–Crippen LogP) is 1.78. The van der Waals surface area contributed by atoms with E-state index in [4.69, 9.17) is 4.42 Å². The van der Waals surface area contributed by atoms with E-state index in [1.54, 1.807) is 18.4 Å². The van der Waals surface area contributed by atoms with Crippen molar-refractivity contribution < 1.29 is 9.21 Å². The van der Waals surface area contributed by atoms with Crippen molar-refractivity contribution in [3.05, 3.63) is 24.2 Å². The molecule has 1 amide bonds. The summed E-state index contributed by atoms with van der Waals surface area (Å²) in [6, 6.07) is 3.52. The Morgan fingerprint density at radius 2 is 2.50 bits per heavy atom. The molecule has 76 valence electrons. The summed E-state index contributed by atoms with van der Waals surface area (Å²) in [4.78, 5) is 11.1. The van der Waals surface area contributed by atoms with Gasteiger partial charge in [0, 0.05) is 6.42 Å². The molecule has 0 radical (unpaired) electrons. The SMILES string of the molecule is CC(C)CC(=O)N/N=C/c1ccco1. The summed E-state index contributed by atoms with van der Waals surface area (Å²) in [5.74, 6) is 0.881. The highest BCUT2D eigenvalue weighted by atomic mass is 16.3. The first kappa shape index (κ1) is 10.5. The van der Waals surface area contributed by atoms with Gasteiger partial charge in [0.2, 0.25) is 5.91 Å². The Hall–Kier alpha value is -1.58. The Kier molecular flexibility index (Phi) is 3.91. The lowest BCUT2D eigenvalue weighted by atomic mass is 10.1. The molecule has 0 spiro atoms. The lowest BCUT2D eigenvalue weighted by molar-refractivity contribution is -0.121. The van der Waals surface area contributed by atoms with Gasteiger partial charge in [0.1, 0.15) is 5.76 Å². The summed E-state index contributed by atoms with van der Waals surface area (Å²) in [6.07, 6.45) is 3.50. The second kappa shape index (κ2) is 5.21. The van der Waals surface area contributed by atoms with Crippen LogP contribution in [0.15, 0.2) is 27.9 Å². The van der Waals surface area contributed by atoms with E-state index in [1.165, 1.54) is 6.21 Å². The van der Waals surface area contributed by atoms with Crippen molar-refractivity contribution in [2.75, 3.05) is 0 Å². The molecule has 0 aromatic carbocycles. The summed E-state index contributed by atoms with van der Waals surface area (Å²) in [5, 5.41) is 3.75. The zero-order valence-corrected chi connectivity index (χ0v) is 8.36. The van der Waals surface area contributed by atoms with Gasteiger partial charge in [-0.05, 0) is 18.1 Å². The van der Waals surface area contributed by atoms with Gasteiger partial charge in [0.15, 0.2) is 0 Å². The number of hydrazone groups is 1. The summed E-state index contributed by atoms with van der Waals surface area (Å²) < 4.78 is 5.00. The van der Waals surface area contributed by atoms with Crippen molar-refractivity contribution in [2.24, 2.45) is 11.0 Å². The first-order valence-electron chi connectivity index (χ1n) is 4.54. The molecule has 0 saturated carbocycles. The van der Waals surface area contributed by atoms with Gasteiger partial charge in [-0.2, -0.15) is 5.10 Å². The number of carbonyl (C=O) groups excluding carboxylic acids is 1. The van der Waals surface area contributed by atoms with Gasteiger partial charge in [-0.3, -0.25) is 4.79 Å². The highest BCUT2D eigenvalue weighted by Crippen LogP contribution is 1.98. The molecule has 0 bridgehead atoms. The van der Waals surface area contributed by atoms with E-state index in [0.717, 1.165) is 0 Å². The Morgan fingerprint density at radius 3 is 3.07 bits per heavy atom. The lowest BCUT2D eigenvalue weighted by Gasteiger charge is -2.01. The third kappa shape index (κ3) is 3.89. The zero-order valence-electron chi connectivity index (χ0n) is 8.36. The van der Waals surface area contributed by atoms with Crippen LogP contribution in [-0.2, 0) is 4.79 Å². The van der Waals surface area contributed by atoms with Crippen LogP contribution in [0.25, 0.3) is 0 Å². The van der Waals surface area contributed by atoms with E-state index < -0.39 is 0 Å². The minimum atomic E-state index is -0.0807. The van der Waals surface area contributed by atoms with Crippen LogP contribution in [0.5, 0.6) is 0 Å². The molecule has 0 unspecified atom stereocenters. The number of carbonyl (C=O) groups is 1. The third-order valence-electron chi connectivity index (χ3n) is 1.52. The fourth-order valence-electron chi connectivity index (χ4n) is 0.949. The highest BCUT2D eigenvalue weighted by molar-refractivity contribution is 5.80. The number of nitrogens with zero attached hydrogens (tertiary/aromatic N) is 1. The minimum Gasteiger partial charge on any atom is -0.463 e. The molecule has 14 heavy (non-hydrogen) atoms. The largest absolute Gasteiger partial charge is 0.463 e. The molecule has 0 atom stereocenters. The van der Waals surface area contributed by atoms with Gasteiger partial charge in [-0.15, -0.1) is 0 Å². The molecular formula is C10H14N2O2. The second-order valence-electron chi connectivity index (χ2n) is 3.41. The Labute approximate surface area is 83.0 Å². The quantitative estimate of drug-likeness (QED) is 0.586. The number of furan rings is 1. The molecule has 1 rings (SSSR count). The molecule has 1 aromatic rings. The molecule has 0 aliphatic heterocycles. The number of nitrogens with one attached hydrogen (secondary N) is 1. The normalized spacial score (nSPS) is 11.1. The summed E-state index contributed by atoms with van der Waals surface area (Å²) in [7, 11) is 0. The summed E-state index contributed by atoms with van der Waals surface area (Å²) in [6.45, 7) is 3.96. The van der Waals surface area contributed by atoms with Gasteiger partial charge < -0.3 is 4.42 Å². The molecule has 0 fully saturated rings. The number of amides is 1. The van der Waals surface area contributed by atoms with Crippen LogP contribution in [0.4, 0.5) is 0 Å². The molecular weight excluding hydrogens is 180 g/mol. The predicted molar refractivity (Wildman–Crippen MR) is 53.9 cm³/mol. The molecule has 4 nitrogen and oxygen atoms in total. The van der Waals surface area contributed by atoms with E-state index in [9.17, 15) is 4.79 Å². The summed E-state index contributed by atoms with van der Waals surface area (Å²) >= 11 is 0. The average Bonchev–Trinajstić information content (AvgIpc) is 2.55. The van der Waals surface area contributed by atoms with Crippen molar-refractivity contribution >= 4 is 12.1 Å². The van der Waals surface area contributed by atoms with E-state index in [1.807, 2.05) is 13.8 Å². The van der Waals surface area contributed by atoms with E-state index >= 15 is 0 Å². The maximum Gasteiger partial charge on any atom is 0.240 e. The minimum absolute atomic E-state index is 0.0807. The first-order chi connectivity index (χ1) is 6.68. The maximum absolute atomic E-state index is 11.1. The fraction of sp³-hybridized carbons (Fsp3) is 0.400. The number of hydrogen-bond donors (Lipinski definition) is 1. The van der Waals surface area contributed by atoms with Gasteiger partial charge >= 0.3 is 0 Å². The topological polar surface area (TPSA) is 54.6 Å². The zero-order chi connectivity index (χ0) is 10.4. The molecule has 1 aromatic heterocycles. The summed E-state index contributed by atoms with van der Waals surface area (Å²) in [5.41, 5.74) is 2.42. The van der Waals surface area contributed by atoms with Crippen molar-refractivity contribution in [1.29, 1.82) is 0 Å². The van der Waals surface area contributed by atoms with Gasteiger partial charge in [-0.1, -0.05) is 13.8 Å². The Balaban J connectivity index is 2.30. The molecule has 4 heteroatoms. The Bertz CT molecular complexity index is 302. The maximum atomic E-state index is 11.1. The molecule has 0 aliphatic rings. The van der Waals surface area contributed by atoms with Crippen LogP contribution in [-0.4, -0.2) is 12.1 Å².